The van der Waals surface area contributed by atoms with Crippen molar-refractivity contribution in [1.82, 2.24) is 15.5 Å². The van der Waals surface area contributed by atoms with E-state index in [0.717, 1.165) is 18.4 Å². The molecule has 0 saturated carbocycles. The van der Waals surface area contributed by atoms with Crippen molar-refractivity contribution in [3.05, 3.63) is 18.0 Å². The summed E-state index contributed by atoms with van der Waals surface area (Å²) in [7, 11) is -2.81. The van der Waals surface area contributed by atoms with E-state index < -0.39 is 9.84 Å². The van der Waals surface area contributed by atoms with E-state index in [2.05, 4.69) is 15.5 Å². The van der Waals surface area contributed by atoms with Crippen molar-refractivity contribution < 1.29 is 8.42 Å². The average Bonchev–Trinajstić information content (AvgIpc) is 2.65. The van der Waals surface area contributed by atoms with Crippen LogP contribution in [-0.2, 0) is 16.4 Å². The first-order chi connectivity index (χ1) is 7.16. The molecule has 1 atom stereocenters. The lowest BCUT2D eigenvalue weighted by Gasteiger charge is -2.22. The second-order valence-corrected chi connectivity index (χ2v) is 6.17. The van der Waals surface area contributed by atoms with Gasteiger partial charge >= 0.3 is 0 Å². The standard InChI is InChI=1S/C9H15N3O2S/c13-15(14)3-1-2-9(7-15)10-4-8-5-11-12-6-8/h5-6,9-10H,1-4,7H2,(H,11,12). The summed E-state index contributed by atoms with van der Waals surface area (Å²) < 4.78 is 22.7. The number of rotatable bonds is 3. The molecule has 1 aliphatic heterocycles. The van der Waals surface area contributed by atoms with E-state index in [9.17, 15) is 8.42 Å². The zero-order valence-electron chi connectivity index (χ0n) is 8.44. The van der Waals surface area contributed by atoms with Crippen LogP contribution in [0, 0.1) is 0 Å². The fourth-order valence-electron chi connectivity index (χ4n) is 1.82. The monoisotopic (exact) mass is 229 g/mol. The summed E-state index contributed by atoms with van der Waals surface area (Å²) in [5, 5.41) is 9.80. The molecular weight excluding hydrogens is 214 g/mol. The van der Waals surface area contributed by atoms with Crippen LogP contribution in [0.1, 0.15) is 18.4 Å². The third-order valence-corrected chi connectivity index (χ3v) is 4.43. The Kier molecular flexibility index (Phi) is 3.06. The van der Waals surface area contributed by atoms with Crippen molar-refractivity contribution in [3.8, 4) is 0 Å². The summed E-state index contributed by atoms with van der Waals surface area (Å²) in [5.74, 6) is 0.613. The molecule has 2 N–H and O–H groups in total. The first-order valence-electron chi connectivity index (χ1n) is 5.07. The highest BCUT2D eigenvalue weighted by Crippen LogP contribution is 2.12. The Morgan fingerprint density at radius 1 is 1.60 bits per heavy atom. The number of H-pyrrole nitrogens is 1. The Morgan fingerprint density at radius 2 is 2.47 bits per heavy atom. The summed E-state index contributed by atoms with van der Waals surface area (Å²) >= 11 is 0. The molecular formula is C9H15N3O2S. The minimum absolute atomic E-state index is 0.0960. The van der Waals surface area contributed by atoms with Crippen LogP contribution in [0.3, 0.4) is 0 Å². The van der Waals surface area contributed by atoms with Gasteiger partial charge in [-0.25, -0.2) is 8.42 Å². The molecule has 5 nitrogen and oxygen atoms in total. The van der Waals surface area contributed by atoms with Gasteiger partial charge in [-0.3, -0.25) is 5.10 Å². The summed E-state index contributed by atoms with van der Waals surface area (Å²) in [4.78, 5) is 0. The lowest BCUT2D eigenvalue weighted by atomic mass is 10.2. The molecule has 1 unspecified atom stereocenters. The molecule has 2 heterocycles. The summed E-state index contributed by atoms with van der Waals surface area (Å²) in [6.45, 7) is 0.677. The van der Waals surface area contributed by atoms with Crippen LogP contribution in [0.5, 0.6) is 0 Å². The van der Waals surface area contributed by atoms with Crippen LogP contribution in [0.2, 0.25) is 0 Å². The third-order valence-electron chi connectivity index (χ3n) is 2.61. The van der Waals surface area contributed by atoms with E-state index in [0.29, 0.717) is 12.3 Å². The molecule has 6 heteroatoms. The molecule has 0 aromatic carbocycles. The number of aromatic amines is 1. The first-order valence-corrected chi connectivity index (χ1v) is 6.89. The van der Waals surface area contributed by atoms with Crippen molar-refractivity contribution in [3.63, 3.8) is 0 Å². The molecule has 0 amide bonds. The summed E-state index contributed by atoms with van der Waals surface area (Å²) in [5.41, 5.74) is 1.05. The Bertz CT molecular complexity index is 399. The Labute approximate surface area is 89.2 Å². The van der Waals surface area contributed by atoms with Gasteiger partial charge in [0.05, 0.1) is 17.7 Å². The maximum absolute atomic E-state index is 11.4. The van der Waals surface area contributed by atoms with Gasteiger partial charge in [-0.05, 0) is 12.8 Å². The van der Waals surface area contributed by atoms with Crippen molar-refractivity contribution >= 4 is 9.84 Å². The van der Waals surface area contributed by atoms with E-state index >= 15 is 0 Å². The predicted molar refractivity (Wildman–Crippen MR) is 57.1 cm³/mol. The smallest absolute Gasteiger partial charge is 0.151 e. The van der Waals surface area contributed by atoms with E-state index in [1.807, 2.05) is 6.20 Å². The van der Waals surface area contributed by atoms with Gasteiger partial charge in [0.25, 0.3) is 0 Å². The molecule has 1 aliphatic rings. The molecule has 0 bridgehead atoms. The largest absolute Gasteiger partial charge is 0.309 e. The minimum Gasteiger partial charge on any atom is -0.309 e. The van der Waals surface area contributed by atoms with Gasteiger partial charge in [-0.1, -0.05) is 0 Å². The molecule has 1 aromatic heterocycles. The summed E-state index contributed by atoms with van der Waals surface area (Å²) in [6.07, 6.45) is 5.26. The van der Waals surface area contributed by atoms with Gasteiger partial charge in [0.1, 0.15) is 0 Å². The molecule has 0 radical (unpaired) electrons. The number of hydrogen-bond donors (Lipinski definition) is 2. The lowest BCUT2D eigenvalue weighted by molar-refractivity contribution is 0.480. The van der Waals surface area contributed by atoms with E-state index in [1.54, 1.807) is 6.20 Å². The predicted octanol–water partition coefficient (Wildman–Crippen LogP) is 0.0765. The Balaban J connectivity index is 1.85. The molecule has 15 heavy (non-hydrogen) atoms. The molecule has 84 valence electrons. The molecule has 1 aromatic rings. The highest BCUT2D eigenvalue weighted by molar-refractivity contribution is 7.91. The van der Waals surface area contributed by atoms with Gasteiger partial charge in [0.15, 0.2) is 9.84 Å². The van der Waals surface area contributed by atoms with E-state index in [1.165, 1.54) is 0 Å². The number of sulfone groups is 1. The second-order valence-electron chi connectivity index (χ2n) is 3.94. The number of nitrogens with zero attached hydrogens (tertiary/aromatic N) is 1. The van der Waals surface area contributed by atoms with Crippen LogP contribution in [0.15, 0.2) is 12.4 Å². The van der Waals surface area contributed by atoms with Crippen LogP contribution in [0.25, 0.3) is 0 Å². The molecule has 2 rings (SSSR count). The van der Waals surface area contributed by atoms with Crippen molar-refractivity contribution in [2.45, 2.75) is 25.4 Å². The quantitative estimate of drug-likeness (QED) is 0.769. The molecule has 1 saturated heterocycles. The van der Waals surface area contributed by atoms with E-state index in [-0.39, 0.29) is 11.8 Å². The van der Waals surface area contributed by atoms with Crippen LogP contribution in [-0.4, -0.2) is 36.2 Å². The van der Waals surface area contributed by atoms with Gasteiger partial charge in [-0.15, -0.1) is 0 Å². The minimum atomic E-state index is -2.81. The van der Waals surface area contributed by atoms with Crippen molar-refractivity contribution in [2.24, 2.45) is 0 Å². The Morgan fingerprint density at radius 3 is 3.13 bits per heavy atom. The molecule has 1 fully saturated rings. The normalized spacial score (nSPS) is 25.2. The second kappa shape index (κ2) is 4.32. The van der Waals surface area contributed by atoms with Gasteiger partial charge in [-0.2, -0.15) is 5.10 Å². The van der Waals surface area contributed by atoms with Crippen molar-refractivity contribution in [2.75, 3.05) is 11.5 Å². The number of nitrogens with one attached hydrogen (secondary N) is 2. The fourth-order valence-corrected chi connectivity index (χ4v) is 3.49. The first kappa shape index (κ1) is 10.6. The van der Waals surface area contributed by atoms with Gasteiger partial charge in [0, 0.05) is 24.3 Å². The SMILES string of the molecule is O=S1(=O)CCCC(NCc2cn[nH]c2)C1. The molecule has 0 aliphatic carbocycles. The fraction of sp³-hybridized carbons (Fsp3) is 0.667. The van der Waals surface area contributed by atoms with Gasteiger partial charge < -0.3 is 5.32 Å². The zero-order chi connectivity index (χ0) is 10.7. The third kappa shape index (κ3) is 3.04. The maximum atomic E-state index is 11.4. The van der Waals surface area contributed by atoms with Gasteiger partial charge in [0.2, 0.25) is 0 Å². The lowest BCUT2D eigenvalue weighted by Crippen LogP contribution is -2.39. The van der Waals surface area contributed by atoms with Crippen molar-refractivity contribution in [1.29, 1.82) is 0 Å². The molecule has 0 spiro atoms. The maximum Gasteiger partial charge on any atom is 0.151 e. The summed E-state index contributed by atoms with van der Waals surface area (Å²) in [6, 6.07) is 0.0960. The van der Waals surface area contributed by atoms with Crippen LogP contribution in [0.4, 0.5) is 0 Å². The number of aromatic nitrogens is 2. The van der Waals surface area contributed by atoms with E-state index in [4.69, 9.17) is 0 Å². The Hall–Kier alpha value is -0.880. The topological polar surface area (TPSA) is 74.8 Å². The van der Waals surface area contributed by atoms with Crippen LogP contribution >= 0.6 is 0 Å². The van der Waals surface area contributed by atoms with Crippen LogP contribution < -0.4 is 5.32 Å². The average molecular weight is 229 g/mol. The highest BCUT2D eigenvalue weighted by atomic mass is 32.2. The highest BCUT2D eigenvalue weighted by Gasteiger charge is 2.23. The number of hydrogen-bond acceptors (Lipinski definition) is 4. The zero-order valence-corrected chi connectivity index (χ0v) is 9.26.